The molecule has 1 aliphatic carbocycles. The summed E-state index contributed by atoms with van der Waals surface area (Å²) < 4.78 is 22.0. The number of halogens is 2. The van der Waals surface area contributed by atoms with Crippen LogP contribution in [-0.4, -0.2) is 39.2 Å². The van der Waals surface area contributed by atoms with Crippen LogP contribution in [0.4, 0.5) is 20.6 Å². The normalized spacial score (nSPS) is 18.4. The molecule has 1 saturated carbocycles. The third kappa shape index (κ3) is 6.16. The van der Waals surface area contributed by atoms with Gasteiger partial charge in [0.2, 0.25) is 0 Å². The summed E-state index contributed by atoms with van der Waals surface area (Å²) in [5.41, 5.74) is 9.58. The van der Waals surface area contributed by atoms with Crippen molar-refractivity contribution < 1.29 is 13.9 Å². The number of amidine groups is 1. The fourth-order valence-electron chi connectivity index (χ4n) is 4.42. The van der Waals surface area contributed by atoms with Crippen molar-refractivity contribution in [3.63, 3.8) is 0 Å². The molecule has 1 fully saturated rings. The molecule has 1 amide bonds. The second-order valence-corrected chi connectivity index (χ2v) is 11.0. The van der Waals surface area contributed by atoms with E-state index in [0.717, 1.165) is 40.5 Å². The molecule has 8 nitrogen and oxygen atoms in total. The second-order valence-electron chi connectivity index (χ2n) is 10.0. The maximum absolute atomic E-state index is 13.9. The Kier molecular flexibility index (Phi) is 7.54. The monoisotopic (exact) mass is 558 g/mol. The molecular formula is C26H32BrFN6O2. The average Bonchev–Trinajstić information content (AvgIpc) is 3.38. The zero-order valence-electron chi connectivity index (χ0n) is 20.9. The zero-order valence-corrected chi connectivity index (χ0v) is 22.5. The van der Waals surface area contributed by atoms with E-state index in [1.807, 2.05) is 40.0 Å². The average molecular weight is 559 g/mol. The minimum absolute atomic E-state index is 0.00241. The molecule has 3 aromatic rings. The Bertz CT molecular complexity index is 1300. The molecule has 0 spiro atoms. The minimum Gasteiger partial charge on any atom is -0.444 e. The van der Waals surface area contributed by atoms with Gasteiger partial charge in [-0.1, -0.05) is 13.0 Å². The molecule has 2 heterocycles. The van der Waals surface area contributed by atoms with Gasteiger partial charge in [0.15, 0.2) is 0 Å². The molecular weight excluding hydrogens is 527 g/mol. The lowest BCUT2D eigenvalue weighted by molar-refractivity contribution is 0.0505. The Balaban J connectivity index is 1.61. The molecule has 0 saturated heterocycles. The predicted octanol–water partition coefficient (Wildman–Crippen LogP) is 5.69. The number of carbonyl (C=O) groups is 1. The van der Waals surface area contributed by atoms with Gasteiger partial charge in [0.1, 0.15) is 17.3 Å². The number of carbonyl (C=O) groups excluding carboxylic acids is 1. The first kappa shape index (κ1) is 25.9. The van der Waals surface area contributed by atoms with Crippen molar-refractivity contribution in [2.75, 3.05) is 5.32 Å². The number of nitrogens with two attached hydrogens (primary N) is 1. The largest absolute Gasteiger partial charge is 0.444 e. The number of benzene rings is 1. The lowest BCUT2D eigenvalue weighted by atomic mass is 10.1. The quantitative estimate of drug-likeness (QED) is 0.266. The minimum atomic E-state index is -0.545. The molecule has 2 aromatic heterocycles. The smallest absolute Gasteiger partial charge is 0.407 e. The molecule has 192 valence electrons. The summed E-state index contributed by atoms with van der Waals surface area (Å²) in [6, 6.07) is 6.59. The topological polar surface area (TPSA) is 106 Å². The number of aromatic nitrogens is 2. The van der Waals surface area contributed by atoms with E-state index in [4.69, 9.17) is 10.5 Å². The van der Waals surface area contributed by atoms with E-state index in [2.05, 4.69) is 36.7 Å². The molecule has 36 heavy (non-hydrogen) atoms. The predicted molar refractivity (Wildman–Crippen MR) is 143 cm³/mol. The van der Waals surface area contributed by atoms with Gasteiger partial charge in [-0.25, -0.2) is 18.7 Å². The molecule has 1 aromatic carbocycles. The number of anilines is 1. The van der Waals surface area contributed by atoms with Crippen molar-refractivity contribution in [1.29, 1.82) is 0 Å². The van der Waals surface area contributed by atoms with Gasteiger partial charge in [0.25, 0.3) is 0 Å². The van der Waals surface area contributed by atoms with E-state index < -0.39 is 11.7 Å². The summed E-state index contributed by atoms with van der Waals surface area (Å²) in [5, 5.41) is 11.1. The molecule has 4 N–H and O–H groups in total. The third-order valence-corrected chi connectivity index (χ3v) is 6.48. The van der Waals surface area contributed by atoms with Gasteiger partial charge < -0.3 is 21.1 Å². The Labute approximate surface area is 218 Å². The molecule has 2 atom stereocenters. The Morgan fingerprint density at radius 2 is 2.06 bits per heavy atom. The summed E-state index contributed by atoms with van der Waals surface area (Å²) in [6.45, 7) is 7.52. The highest BCUT2D eigenvalue weighted by Crippen LogP contribution is 2.31. The third-order valence-electron chi connectivity index (χ3n) is 6.05. The first-order valence-electron chi connectivity index (χ1n) is 12.1. The summed E-state index contributed by atoms with van der Waals surface area (Å²) >= 11 is 3.52. The standard InChI is InChI=1S/C26H32BrFN6O2/c1-5-15-6-7-17(28)11-21(15)33-24(29)20-13-30-34-14-16(27)10-22(34)23(20)31-18-8-9-19(12-18)32-25(35)36-26(2,3)4/h6-7,10-11,13-14,18-19,31H,5,8-9,12H2,1-4H3,(H2,29,33)(H,32,35)/t18-,19+/m1/s1. The van der Waals surface area contributed by atoms with E-state index in [1.165, 1.54) is 12.1 Å². The molecule has 0 unspecified atom stereocenters. The van der Waals surface area contributed by atoms with Gasteiger partial charge in [0, 0.05) is 22.8 Å². The van der Waals surface area contributed by atoms with Crippen LogP contribution in [0.25, 0.3) is 5.52 Å². The molecule has 0 radical (unpaired) electrons. The van der Waals surface area contributed by atoms with Crippen LogP contribution in [0.5, 0.6) is 0 Å². The molecule has 0 bridgehead atoms. The fourth-order valence-corrected chi connectivity index (χ4v) is 4.83. The number of alkyl carbamates (subject to hydrolysis) is 1. The SMILES string of the molecule is CCc1ccc(F)cc1/N=C(\N)c1cnn2cc(Br)cc2c1N[C@@H]1CC[C@H](NC(=O)OC(C)(C)C)C1. The van der Waals surface area contributed by atoms with Crippen LogP contribution in [0, 0.1) is 5.82 Å². The number of aliphatic imine (C=N–C) groups is 1. The number of ether oxygens (including phenoxy) is 1. The molecule has 10 heteroatoms. The number of hydrogen-bond donors (Lipinski definition) is 3. The van der Waals surface area contributed by atoms with Gasteiger partial charge in [-0.15, -0.1) is 0 Å². The van der Waals surface area contributed by atoms with Crippen LogP contribution in [0.3, 0.4) is 0 Å². The van der Waals surface area contributed by atoms with E-state index in [1.54, 1.807) is 16.8 Å². The summed E-state index contributed by atoms with van der Waals surface area (Å²) in [6.07, 6.45) is 6.23. The maximum Gasteiger partial charge on any atom is 0.407 e. The Morgan fingerprint density at radius 1 is 1.31 bits per heavy atom. The van der Waals surface area contributed by atoms with Crippen molar-refractivity contribution in [3.8, 4) is 0 Å². The first-order valence-corrected chi connectivity index (χ1v) is 12.9. The number of rotatable bonds is 6. The van der Waals surface area contributed by atoms with Crippen molar-refractivity contribution >= 4 is 44.8 Å². The van der Waals surface area contributed by atoms with Gasteiger partial charge >= 0.3 is 6.09 Å². The summed E-state index contributed by atoms with van der Waals surface area (Å²) in [7, 11) is 0. The maximum atomic E-state index is 13.9. The van der Waals surface area contributed by atoms with Gasteiger partial charge in [-0.3, -0.25) is 0 Å². The molecule has 4 rings (SSSR count). The van der Waals surface area contributed by atoms with Crippen LogP contribution < -0.4 is 16.4 Å². The van der Waals surface area contributed by atoms with Crippen molar-refractivity contribution in [3.05, 3.63) is 58.1 Å². The van der Waals surface area contributed by atoms with Crippen LogP contribution >= 0.6 is 15.9 Å². The van der Waals surface area contributed by atoms with Crippen molar-refractivity contribution in [2.45, 2.75) is 71.1 Å². The van der Waals surface area contributed by atoms with Gasteiger partial charge in [-0.2, -0.15) is 5.10 Å². The van der Waals surface area contributed by atoms with Crippen molar-refractivity contribution in [1.82, 2.24) is 14.9 Å². The number of aryl methyl sites for hydroxylation is 1. The Hall–Kier alpha value is -3.14. The Morgan fingerprint density at radius 3 is 2.78 bits per heavy atom. The number of nitrogens with one attached hydrogen (secondary N) is 2. The number of fused-ring (bicyclic) bond motifs is 1. The summed E-state index contributed by atoms with van der Waals surface area (Å²) in [5.74, 6) is -0.123. The zero-order chi connectivity index (χ0) is 26.0. The van der Waals surface area contributed by atoms with Crippen LogP contribution in [0.2, 0.25) is 0 Å². The van der Waals surface area contributed by atoms with Gasteiger partial charge in [-0.05, 0) is 86.1 Å². The van der Waals surface area contributed by atoms with E-state index >= 15 is 0 Å². The number of amides is 1. The number of hydrogen-bond acceptors (Lipinski definition) is 5. The lowest BCUT2D eigenvalue weighted by Crippen LogP contribution is -2.38. The van der Waals surface area contributed by atoms with E-state index in [0.29, 0.717) is 17.7 Å². The van der Waals surface area contributed by atoms with Crippen LogP contribution in [0.15, 0.2) is 46.1 Å². The second kappa shape index (κ2) is 10.5. The van der Waals surface area contributed by atoms with Crippen LogP contribution in [0.1, 0.15) is 58.1 Å². The molecule has 0 aliphatic heterocycles. The van der Waals surface area contributed by atoms with E-state index in [9.17, 15) is 9.18 Å². The highest BCUT2D eigenvalue weighted by molar-refractivity contribution is 9.10. The molecule has 1 aliphatic rings. The highest BCUT2D eigenvalue weighted by atomic mass is 79.9. The van der Waals surface area contributed by atoms with E-state index in [-0.39, 0.29) is 23.7 Å². The highest BCUT2D eigenvalue weighted by Gasteiger charge is 2.29. The van der Waals surface area contributed by atoms with Gasteiger partial charge in [0.05, 0.1) is 28.7 Å². The van der Waals surface area contributed by atoms with Crippen molar-refractivity contribution in [2.24, 2.45) is 10.7 Å². The van der Waals surface area contributed by atoms with Crippen LogP contribution in [-0.2, 0) is 11.2 Å². The summed E-state index contributed by atoms with van der Waals surface area (Å²) in [4.78, 5) is 16.8. The lowest BCUT2D eigenvalue weighted by Gasteiger charge is -2.22. The first-order chi connectivity index (χ1) is 17.0. The fraction of sp³-hybridized carbons (Fsp3) is 0.423. The number of nitrogens with zero attached hydrogens (tertiary/aromatic N) is 3.